The highest BCUT2D eigenvalue weighted by molar-refractivity contribution is 14.0. The van der Waals surface area contributed by atoms with E-state index in [1.165, 1.54) is 6.42 Å². The zero-order chi connectivity index (χ0) is 16.0. The highest BCUT2D eigenvalue weighted by Crippen LogP contribution is 2.24. The second-order valence-corrected chi connectivity index (χ2v) is 7.94. The first-order chi connectivity index (χ1) is 9.73. The molecule has 1 rings (SSSR count). The number of guanidine groups is 1. The maximum atomic E-state index is 4.51. The van der Waals surface area contributed by atoms with E-state index in [1.807, 2.05) is 14.0 Å². The van der Waals surface area contributed by atoms with Gasteiger partial charge in [0.25, 0.3) is 0 Å². The third kappa shape index (κ3) is 7.76. The average molecular weight is 438 g/mol. The van der Waals surface area contributed by atoms with Gasteiger partial charge in [-0.2, -0.15) is 0 Å². The van der Waals surface area contributed by atoms with Gasteiger partial charge in [-0.1, -0.05) is 27.7 Å². The second kappa shape index (κ2) is 9.70. The normalized spacial score (nSPS) is 12.3. The molecule has 0 amide bonds. The number of aliphatic imine (C=N–C) groups is 1. The van der Waals surface area contributed by atoms with Crippen LogP contribution in [0.1, 0.15) is 44.8 Å². The number of halogens is 1. The third-order valence-electron chi connectivity index (χ3n) is 3.33. The van der Waals surface area contributed by atoms with Crippen LogP contribution >= 0.6 is 35.3 Å². The summed E-state index contributed by atoms with van der Waals surface area (Å²) in [6.07, 6.45) is 1.20. The topological polar surface area (TPSA) is 40.5 Å². The van der Waals surface area contributed by atoms with Crippen LogP contribution in [0.2, 0.25) is 0 Å². The fraction of sp³-hybridized carbons (Fsp3) is 0.750. The van der Waals surface area contributed by atoms with Crippen LogP contribution in [-0.4, -0.2) is 36.5 Å². The molecule has 1 aromatic rings. The van der Waals surface area contributed by atoms with Crippen LogP contribution < -0.4 is 5.32 Å². The Balaban J connectivity index is 0.00000441. The average Bonchev–Trinajstić information content (AvgIpc) is 2.73. The highest BCUT2D eigenvalue weighted by atomic mass is 127. The molecule has 22 heavy (non-hydrogen) atoms. The number of hydrogen-bond acceptors (Lipinski definition) is 3. The van der Waals surface area contributed by atoms with E-state index in [0.29, 0.717) is 5.92 Å². The monoisotopic (exact) mass is 438 g/mol. The predicted molar refractivity (Wildman–Crippen MR) is 108 cm³/mol. The lowest BCUT2D eigenvalue weighted by atomic mass is 9.84. The van der Waals surface area contributed by atoms with Crippen molar-refractivity contribution in [1.29, 1.82) is 0 Å². The Bertz CT molecular complexity index is 468. The van der Waals surface area contributed by atoms with Gasteiger partial charge in [0.15, 0.2) is 5.96 Å². The Hall–Kier alpha value is -0.370. The number of nitrogens with zero attached hydrogens (tertiary/aromatic N) is 3. The summed E-state index contributed by atoms with van der Waals surface area (Å²) in [5, 5.41) is 6.72. The van der Waals surface area contributed by atoms with Crippen LogP contribution in [0.4, 0.5) is 0 Å². The molecule has 0 saturated carbocycles. The van der Waals surface area contributed by atoms with Crippen LogP contribution in [0.3, 0.4) is 0 Å². The van der Waals surface area contributed by atoms with Gasteiger partial charge in [0.2, 0.25) is 0 Å². The molecule has 1 heterocycles. The first-order valence-corrected chi connectivity index (χ1v) is 8.44. The summed E-state index contributed by atoms with van der Waals surface area (Å²) in [6, 6.07) is 0. The van der Waals surface area contributed by atoms with E-state index in [0.717, 1.165) is 29.8 Å². The number of thiazole rings is 1. The van der Waals surface area contributed by atoms with Gasteiger partial charge in [0, 0.05) is 26.0 Å². The molecule has 6 heteroatoms. The van der Waals surface area contributed by atoms with Crippen LogP contribution in [0.15, 0.2) is 10.4 Å². The number of nitrogens with one attached hydrogen (secondary N) is 1. The van der Waals surface area contributed by atoms with Crippen molar-refractivity contribution in [2.75, 3.05) is 20.6 Å². The molecule has 0 bridgehead atoms. The molecule has 0 aliphatic heterocycles. The molecule has 1 aromatic heterocycles. The van der Waals surface area contributed by atoms with E-state index in [4.69, 9.17) is 0 Å². The fourth-order valence-corrected chi connectivity index (χ4v) is 3.28. The predicted octanol–water partition coefficient (Wildman–Crippen LogP) is 4.15. The molecule has 0 fully saturated rings. The van der Waals surface area contributed by atoms with Gasteiger partial charge in [-0.25, -0.2) is 4.98 Å². The van der Waals surface area contributed by atoms with Crippen molar-refractivity contribution in [3.63, 3.8) is 0 Å². The van der Waals surface area contributed by atoms with Crippen LogP contribution in [-0.2, 0) is 6.54 Å². The first kappa shape index (κ1) is 21.6. The number of aryl methyl sites for hydroxylation is 1. The van der Waals surface area contributed by atoms with Gasteiger partial charge in [-0.3, -0.25) is 4.99 Å². The van der Waals surface area contributed by atoms with Gasteiger partial charge in [0.1, 0.15) is 0 Å². The van der Waals surface area contributed by atoms with Crippen molar-refractivity contribution in [3.8, 4) is 0 Å². The molecule has 0 saturated heterocycles. The third-order valence-corrected chi connectivity index (χ3v) is 4.15. The maximum absolute atomic E-state index is 4.51. The first-order valence-electron chi connectivity index (χ1n) is 7.56. The Morgan fingerprint density at radius 2 is 2.09 bits per heavy atom. The zero-order valence-corrected chi connectivity index (χ0v) is 18.1. The van der Waals surface area contributed by atoms with E-state index >= 15 is 0 Å². The molecule has 0 radical (unpaired) electrons. The van der Waals surface area contributed by atoms with Crippen molar-refractivity contribution in [2.45, 2.75) is 47.6 Å². The summed E-state index contributed by atoms with van der Waals surface area (Å²) in [7, 11) is 3.89. The van der Waals surface area contributed by atoms with Gasteiger partial charge in [-0.15, -0.1) is 35.3 Å². The lowest BCUT2D eigenvalue weighted by Crippen LogP contribution is -2.43. The van der Waals surface area contributed by atoms with Crippen LogP contribution in [0.5, 0.6) is 0 Å². The lowest BCUT2D eigenvalue weighted by Gasteiger charge is -2.30. The summed E-state index contributed by atoms with van der Waals surface area (Å²) < 4.78 is 0. The second-order valence-electron chi connectivity index (χ2n) is 6.88. The van der Waals surface area contributed by atoms with Crippen molar-refractivity contribution >= 4 is 41.3 Å². The summed E-state index contributed by atoms with van der Waals surface area (Å²) in [4.78, 5) is 11.0. The molecule has 1 N–H and O–H groups in total. The van der Waals surface area contributed by atoms with Gasteiger partial charge in [0.05, 0.1) is 17.2 Å². The van der Waals surface area contributed by atoms with Crippen molar-refractivity contribution in [3.05, 3.63) is 16.1 Å². The molecule has 4 nitrogen and oxygen atoms in total. The molecule has 0 unspecified atom stereocenters. The summed E-state index contributed by atoms with van der Waals surface area (Å²) in [5.41, 5.74) is 1.37. The van der Waals surface area contributed by atoms with E-state index in [1.54, 1.807) is 11.3 Å². The molecular weight excluding hydrogens is 407 g/mol. The fourth-order valence-electron chi connectivity index (χ4n) is 2.68. The smallest absolute Gasteiger partial charge is 0.193 e. The largest absolute Gasteiger partial charge is 0.356 e. The molecule has 0 spiro atoms. The minimum Gasteiger partial charge on any atom is -0.356 e. The quantitative estimate of drug-likeness (QED) is 0.412. The van der Waals surface area contributed by atoms with E-state index in [9.17, 15) is 0 Å². The minimum atomic E-state index is 0. The molecule has 128 valence electrons. The Morgan fingerprint density at radius 1 is 1.45 bits per heavy atom. The van der Waals surface area contributed by atoms with Gasteiger partial charge >= 0.3 is 0 Å². The number of hydrogen-bond donors (Lipinski definition) is 1. The SMILES string of the molecule is CN=C(NCC(C)(C)CC(C)C)N(C)Cc1csc(C)n1.I. The van der Waals surface area contributed by atoms with Gasteiger partial charge < -0.3 is 10.2 Å². The number of aromatic nitrogens is 1. The van der Waals surface area contributed by atoms with E-state index < -0.39 is 0 Å². The standard InChI is InChI=1S/C16H30N4S.HI/c1-12(2)8-16(4,5)11-18-15(17-6)20(7)9-14-10-21-13(3)19-14;/h10,12H,8-9,11H2,1-7H3,(H,17,18);1H. The Morgan fingerprint density at radius 3 is 2.55 bits per heavy atom. The van der Waals surface area contributed by atoms with Crippen molar-refractivity contribution in [1.82, 2.24) is 15.2 Å². The van der Waals surface area contributed by atoms with E-state index in [2.05, 4.69) is 60.3 Å². The number of rotatable bonds is 6. The van der Waals surface area contributed by atoms with Crippen molar-refractivity contribution in [2.24, 2.45) is 16.3 Å². The maximum Gasteiger partial charge on any atom is 0.193 e. The Labute approximate surface area is 156 Å². The summed E-state index contributed by atoms with van der Waals surface area (Å²) >= 11 is 1.69. The molecule has 0 aromatic carbocycles. The van der Waals surface area contributed by atoms with Crippen LogP contribution in [0, 0.1) is 18.3 Å². The van der Waals surface area contributed by atoms with Crippen molar-refractivity contribution < 1.29 is 0 Å². The van der Waals surface area contributed by atoms with Gasteiger partial charge in [-0.05, 0) is 24.7 Å². The zero-order valence-electron chi connectivity index (χ0n) is 14.9. The highest BCUT2D eigenvalue weighted by Gasteiger charge is 2.20. The lowest BCUT2D eigenvalue weighted by molar-refractivity contribution is 0.282. The minimum absolute atomic E-state index is 0. The molecular formula is C16H31IN4S. The van der Waals surface area contributed by atoms with E-state index in [-0.39, 0.29) is 29.4 Å². The summed E-state index contributed by atoms with van der Waals surface area (Å²) in [5.74, 6) is 1.64. The molecule has 0 aliphatic rings. The molecule has 0 aliphatic carbocycles. The molecule has 0 atom stereocenters. The summed E-state index contributed by atoms with van der Waals surface area (Å²) in [6.45, 7) is 12.9. The Kier molecular flexibility index (Phi) is 9.54. The van der Waals surface area contributed by atoms with Crippen LogP contribution in [0.25, 0.3) is 0 Å².